The zero-order chi connectivity index (χ0) is 20.0. The number of hydrogen-bond donors (Lipinski definition) is 2. The molecule has 0 aromatic carbocycles. The Kier molecular flexibility index (Phi) is 22.1. The lowest BCUT2D eigenvalue weighted by Gasteiger charge is -2.12. The molecule has 0 fully saturated rings. The number of ether oxygens (including phenoxy) is 1. The second kappa shape index (κ2) is 22.2. The van der Waals surface area contributed by atoms with Gasteiger partial charge in [0.25, 0.3) is 0 Å². The van der Waals surface area contributed by atoms with E-state index in [2.05, 4.69) is 6.92 Å². The molecular weight excluding hydrogens is 336 g/mol. The summed E-state index contributed by atoms with van der Waals surface area (Å²) in [7, 11) is 0. The minimum atomic E-state index is -0.447. The molecule has 2 atom stereocenters. The summed E-state index contributed by atoms with van der Waals surface area (Å²) in [5.74, 6) is 0. The standard InChI is InChI=1S/C24H50O3/c1-3-4-5-6-7-8-9-10-11-12-13-14-15-16-17-18-19-20-24(26)22-27-21-23(2)25/h23-26H,3-22H2,1-2H3. The molecule has 0 heterocycles. The summed E-state index contributed by atoms with van der Waals surface area (Å²) in [4.78, 5) is 0. The maximum Gasteiger partial charge on any atom is 0.0773 e. The monoisotopic (exact) mass is 386 g/mol. The number of rotatable bonds is 22. The molecule has 0 amide bonds. The van der Waals surface area contributed by atoms with Crippen LogP contribution in [-0.2, 0) is 4.74 Å². The van der Waals surface area contributed by atoms with Gasteiger partial charge in [-0.05, 0) is 13.3 Å². The first kappa shape index (κ1) is 26.9. The van der Waals surface area contributed by atoms with E-state index in [9.17, 15) is 5.11 Å². The molecule has 0 spiro atoms. The highest BCUT2D eigenvalue weighted by Crippen LogP contribution is 2.14. The van der Waals surface area contributed by atoms with Crippen molar-refractivity contribution >= 4 is 0 Å². The molecule has 2 N–H and O–H groups in total. The molecule has 0 aromatic heterocycles. The van der Waals surface area contributed by atoms with Crippen molar-refractivity contribution in [1.29, 1.82) is 0 Å². The molecule has 0 aromatic rings. The van der Waals surface area contributed by atoms with Crippen LogP contribution in [0.4, 0.5) is 0 Å². The molecule has 0 aliphatic carbocycles. The molecule has 0 bridgehead atoms. The molecule has 0 aliphatic heterocycles. The molecule has 3 nitrogen and oxygen atoms in total. The van der Waals surface area contributed by atoms with Crippen LogP contribution in [0, 0.1) is 0 Å². The van der Waals surface area contributed by atoms with Gasteiger partial charge in [-0.15, -0.1) is 0 Å². The first-order valence-corrected chi connectivity index (χ1v) is 12.1. The van der Waals surface area contributed by atoms with Crippen LogP contribution < -0.4 is 0 Å². The van der Waals surface area contributed by atoms with E-state index < -0.39 is 6.10 Å². The van der Waals surface area contributed by atoms with Gasteiger partial charge in [0, 0.05) is 0 Å². The molecule has 0 aliphatic rings. The summed E-state index contributed by atoms with van der Waals surface area (Å²) in [6.07, 6.45) is 23.4. The average molecular weight is 387 g/mol. The molecule has 164 valence electrons. The summed E-state index contributed by atoms with van der Waals surface area (Å²) in [5.41, 5.74) is 0. The Bertz CT molecular complexity index is 268. The van der Waals surface area contributed by atoms with E-state index in [1.54, 1.807) is 6.92 Å². The Labute approximate surface area is 170 Å². The summed E-state index contributed by atoms with van der Waals surface area (Å²) >= 11 is 0. The Morgan fingerprint density at radius 3 is 1.30 bits per heavy atom. The highest BCUT2D eigenvalue weighted by molar-refractivity contribution is 4.56. The van der Waals surface area contributed by atoms with Crippen molar-refractivity contribution in [2.75, 3.05) is 13.2 Å². The third kappa shape index (κ3) is 23.8. The Balaban J connectivity index is 3.08. The van der Waals surface area contributed by atoms with E-state index in [1.807, 2.05) is 0 Å². The second-order valence-electron chi connectivity index (χ2n) is 8.49. The fraction of sp³-hybridized carbons (Fsp3) is 1.00. The van der Waals surface area contributed by atoms with Gasteiger partial charge in [-0.1, -0.05) is 116 Å². The van der Waals surface area contributed by atoms with Gasteiger partial charge in [0.2, 0.25) is 0 Å². The van der Waals surface area contributed by atoms with E-state index in [-0.39, 0.29) is 6.10 Å². The normalized spacial score (nSPS) is 13.8. The molecule has 0 rings (SSSR count). The van der Waals surface area contributed by atoms with E-state index >= 15 is 0 Å². The lowest BCUT2D eigenvalue weighted by atomic mass is 10.0. The molecule has 0 saturated heterocycles. The molecule has 27 heavy (non-hydrogen) atoms. The predicted molar refractivity (Wildman–Crippen MR) is 117 cm³/mol. The van der Waals surface area contributed by atoms with Crippen molar-refractivity contribution in [2.45, 2.75) is 142 Å². The molecule has 2 unspecified atom stereocenters. The first-order valence-electron chi connectivity index (χ1n) is 12.1. The van der Waals surface area contributed by atoms with Crippen molar-refractivity contribution < 1.29 is 14.9 Å². The predicted octanol–water partition coefficient (Wildman–Crippen LogP) is 6.79. The van der Waals surface area contributed by atoms with E-state index in [0.717, 1.165) is 12.8 Å². The van der Waals surface area contributed by atoms with Gasteiger partial charge in [-0.25, -0.2) is 0 Å². The maximum atomic E-state index is 9.78. The maximum absolute atomic E-state index is 9.78. The third-order valence-electron chi connectivity index (χ3n) is 5.31. The fourth-order valence-corrected chi connectivity index (χ4v) is 3.56. The van der Waals surface area contributed by atoms with Gasteiger partial charge in [-0.3, -0.25) is 0 Å². The van der Waals surface area contributed by atoms with Crippen molar-refractivity contribution in [3.63, 3.8) is 0 Å². The average Bonchev–Trinajstić information content (AvgIpc) is 2.64. The highest BCUT2D eigenvalue weighted by atomic mass is 16.5. The van der Waals surface area contributed by atoms with E-state index in [1.165, 1.54) is 103 Å². The molecular formula is C24H50O3. The quantitative estimate of drug-likeness (QED) is 0.201. The number of aliphatic hydroxyl groups excluding tert-OH is 2. The van der Waals surface area contributed by atoms with Gasteiger partial charge in [-0.2, -0.15) is 0 Å². The topological polar surface area (TPSA) is 49.7 Å². The van der Waals surface area contributed by atoms with E-state index in [4.69, 9.17) is 9.84 Å². The van der Waals surface area contributed by atoms with Crippen molar-refractivity contribution in [3.8, 4) is 0 Å². The third-order valence-corrected chi connectivity index (χ3v) is 5.31. The minimum Gasteiger partial charge on any atom is -0.391 e. The Morgan fingerprint density at radius 1 is 0.556 bits per heavy atom. The lowest BCUT2D eigenvalue weighted by Crippen LogP contribution is -2.19. The van der Waals surface area contributed by atoms with Crippen molar-refractivity contribution in [3.05, 3.63) is 0 Å². The zero-order valence-corrected chi connectivity index (χ0v) is 18.6. The van der Waals surface area contributed by atoms with Crippen LogP contribution >= 0.6 is 0 Å². The summed E-state index contributed by atoms with van der Waals surface area (Å²) in [6.45, 7) is 4.65. The number of unbranched alkanes of at least 4 members (excludes halogenated alkanes) is 16. The number of aliphatic hydroxyl groups is 2. The molecule has 3 heteroatoms. The van der Waals surface area contributed by atoms with Crippen molar-refractivity contribution in [2.24, 2.45) is 0 Å². The largest absolute Gasteiger partial charge is 0.391 e. The van der Waals surface area contributed by atoms with Gasteiger partial charge < -0.3 is 14.9 Å². The number of hydrogen-bond acceptors (Lipinski definition) is 3. The fourth-order valence-electron chi connectivity index (χ4n) is 3.56. The minimum absolute atomic E-state index is 0.316. The SMILES string of the molecule is CCCCCCCCCCCCCCCCCCCC(O)COCC(C)O. The second-order valence-corrected chi connectivity index (χ2v) is 8.49. The Morgan fingerprint density at radius 2 is 0.926 bits per heavy atom. The van der Waals surface area contributed by atoms with E-state index in [0.29, 0.717) is 13.2 Å². The first-order chi connectivity index (χ1) is 13.2. The summed E-state index contributed by atoms with van der Waals surface area (Å²) < 4.78 is 5.24. The van der Waals surface area contributed by atoms with Gasteiger partial charge in [0.15, 0.2) is 0 Å². The molecule has 0 radical (unpaired) electrons. The zero-order valence-electron chi connectivity index (χ0n) is 18.6. The van der Waals surface area contributed by atoms with Crippen LogP contribution in [0.15, 0.2) is 0 Å². The summed E-state index contributed by atoms with van der Waals surface area (Å²) in [6, 6.07) is 0. The van der Waals surface area contributed by atoms with Crippen LogP contribution in [-0.4, -0.2) is 35.6 Å². The van der Waals surface area contributed by atoms with Gasteiger partial charge >= 0.3 is 0 Å². The van der Waals surface area contributed by atoms with Crippen LogP contribution in [0.2, 0.25) is 0 Å². The van der Waals surface area contributed by atoms with Crippen molar-refractivity contribution in [1.82, 2.24) is 0 Å². The Hall–Kier alpha value is -0.120. The summed E-state index contributed by atoms with van der Waals surface area (Å²) in [5, 5.41) is 18.9. The molecule has 0 saturated carbocycles. The van der Waals surface area contributed by atoms with Gasteiger partial charge in [0.1, 0.15) is 0 Å². The highest BCUT2D eigenvalue weighted by Gasteiger charge is 2.05. The van der Waals surface area contributed by atoms with Crippen LogP contribution in [0.25, 0.3) is 0 Å². The van der Waals surface area contributed by atoms with Gasteiger partial charge in [0.05, 0.1) is 25.4 Å². The van der Waals surface area contributed by atoms with Crippen LogP contribution in [0.3, 0.4) is 0 Å². The van der Waals surface area contributed by atoms with Crippen LogP contribution in [0.5, 0.6) is 0 Å². The van der Waals surface area contributed by atoms with Crippen LogP contribution in [0.1, 0.15) is 129 Å². The lowest BCUT2D eigenvalue weighted by molar-refractivity contribution is -0.00504. The smallest absolute Gasteiger partial charge is 0.0773 e.